The molecular weight excluding hydrogens is 212 g/mol. The van der Waals surface area contributed by atoms with E-state index in [1.807, 2.05) is 18.2 Å². The zero-order valence-corrected chi connectivity index (χ0v) is 9.73. The molecule has 1 aromatic heterocycles. The van der Waals surface area contributed by atoms with Gasteiger partial charge in [-0.2, -0.15) is 0 Å². The van der Waals surface area contributed by atoms with Crippen molar-refractivity contribution in [2.24, 2.45) is 5.73 Å². The van der Waals surface area contributed by atoms with Gasteiger partial charge in [-0.3, -0.25) is 0 Å². The lowest BCUT2D eigenvalue weighted by Gasteiger charge is -2.05. The molecule has 0 fully saturated rings. The van der Waals surface area contributed by atoms with Crippen LogP contribution in [0.1, 0.15) is 18.4 Å². The van der Waals surface area contributed by atoms with Gasteiger partial charge in [0.25, 0.3) is 0 Å². The fourth-order valence-corrected chi connectivity index (χ4v) is 1.48. The van der Waals surface area contributed by atoms with Crippen molar-refractivity contribution in [2.45, 2.75) is 12.8 Å². The van der Waals surface area contributed by atoms with Crippen LogP contribution in [0.4, 0.5) is 0 Å². The highest BCUT2D eigenvalue weighted by molar-refractivity contribution is 5.42. The SMILES string of the molecule is COc1ccc(C#CC2=CC=C(N)CC2)cn1. The number of nitrogens with zero attached hydrogens (tertiary/aromatic N) is 1. The molecule has 1 aliphatic carbocycles. The number of aromatic nitrogens is 1. The van der Waals surface area contributed by atoms with Gasteiger partial charge in [-0.25, -0.2) is 4.98 Å². The molecule has 0 amide bonds. The Kier molecular flexibility index (Phi) is 3.46. The Hall–Kier alpha value is -2.21. The second-order valence-electron chi connectivity index (χ2n) is 3.77. The lowest BCUT2D eigenvalue weighted by atomic mass is 10.0. The summed E-state index contributed by atoms with van der Waals surface area (Å²) in [6, 6.07) is 3.70. The van der Waals surface area contributed by atoms with Gasteiger partial charge >= 0.3 is 0 Å². The summed E-state index contributed by atoms with van der Waals surface area (Å²) >= 11 is 0. The van der Waals surface area contributed by atoms with Crippen molar-refractivity contribution in [3.05, 3.63) is 47.3 Å². The second kappa shape index (κ2) is 5.22. The van der Waals surface area contributed by atoms with Crippen LogP contribution in [-0.2, 0) is 0 Å². The van der Waals surface area contributed by atoms with Crippen molar-refractivity contribution in [2.75, 3.05) is 7.11 Å². The number of methoxy groups -OCH3 is 1. The highest BCUT2D eigenvalue weighted by Crippen LogP contribution is 2.14. The molecule has 3 heteroatoms. The topological polar surface area (TPSA) is 48.1 Å². The smallest absolute Gasteiger partial charge is 0.212 e. The van der Waals surface area contributed by atoms with Gasteiger partial charge in [0.1, 0.15) is 0 Å². The molecular formula is C14H14N2O. The molecule has 1 aromatic rings. The molecule has 17 heavy (non-hydrogen) atoms. The first kappa shape index (κ1) is 11.3. The van der Waals surface area contributed by atoms with Crippen molar-refractivity contribution in [3.63, 3.8) is 0 Å². The minimum atomic E-state index is 0.600. The average Bonchev–Trinajstić information content (AvgIpc) is 2.39. The molecule has 0 radical (unpaired) electrons. The third kappa shape index (κ3) is 3.12. The minimum absolute atomic E-state index is 0.600. The van der Waals surface area contributed by atoms with Crippen molar-refractivity contribution in [3.8, 4) is 17.7 Å². The molecule has 0 saturated heterocycles. The molecule has 0 saturated carbocycles. The predicted octanol–water partition coefficient (Wildman–Crippen LogP) is 2.00. The van der Waals surface area contributed by atoms with Gasteiger partial charge < -0.3 is 10.5 Å². The third-order valence-corrected chi connectivity index (χ3v) is 2.49. The Morgan fingerprint density at radius 3 is 2.71 bits per heavy atom. The lowest BCUT2D eigenvalue weighted by Crippen LogP contribution is -2.00. The summed E-state index contributed by atoms with van der Waals surface area (Å²) in [5.41, 5.74) is 8.59. The maximum absolute atomic E-state index is 5.68. The normalized spacial score (nSPS) is 14.2. The molecule has 1 aliphatic rings. The Bertz CT molecular complexity index is 515. The maximum atomic E-state index is 5.68. The van der Waals surface area contributed by atoms with E-state index in [4.69, 9.17) is 10.5 Å². The van der Waals surface area contributed by atoms with Crippen molar-refractivity contribution >= 4 is 0 Å². The van der Waals surface area contributed by atoms with E-state index in [0.717, 1.165) is 29.7 Å². The highest BCUT2D eigenvalue weighted by Gasteiger charge is 2.00. The van der Waals surface area contributed by atoms with Gasteiger partial charge in [-0.1, -0.05) is 11.8 Å². The fourth-order valence-electron chi connectivity index (χ4n) is 1.48. The van der Waals surface area contributed by atoms with Crippen LogP contribution in [0.3, 0.4) is 0 Å². The molecule has 1 heterocycles. The molecule has 3 nitrogen and oxygen atoms in total. The van der Waals surface area contributed by atoms with E-state index in [1.165, 1.54) is 0 Å². The number of rotatable bonds is 1. The van der Waals surface area contributed by atoms with Crippen molar-refractivity contribution in [1.29, 1.82) is 0 Å². The van der Waals surface area contributed by atoms with Crippen molar-refractivity contribution < 1.29 is 4.74 Å². The molecule has 0 unspecified atom stereocenters. The Morgan fingerprint density at radius 1 is 1.24 bits per heavy atom. The molecule has 86 valence electrons. The van der Waals surface area contributed by atoms with Crippen LogP contribution < -0.4 is 10.5 Å². The molecule has 2 N–H and O–H groups in total. The third-order valence-electron chi connectivity index (χ3n) is 2.49. The van der Waals surface area contributed by atoms with Gasteiger partial charge in [0.2, 0.25) is 5.88 Å². The van der Waals surface area contributed by atoms with Gasteiger partial charge in [-0.15, -0.1) is 0 Å². The summed E-state index contributed by atoms with van der Waals surface area (Å²) in [6.07, 6.45) is 7.41. The van der Waals surface area contributed by atoms with Crippen LogP contribution in [-0.4, -0.2) is 12.1 Å². The van der Waals surface area contributed by atoms with Crippen LogP contribution in [0.2, 0.25) is 0 Å². The first-order valence-electron chi connectivity index (χ1n) is 5.45. The number of hydrogen-bond acceptors (Lipinski definition) is 3. The Balaban J connectivity index is 2.10. The first-order chi connectivity index (χ1) is 8.28. The number of nitrogens with two attached hydrogens (primary N) is 1. The van der Waals surface area contributed by atoms with E-state index in [0.29, 0.717) is 5.88 Å². The standard InChI is InChI=1S/C14H14N2O/c1-17-14-9-6-12(10-16-14)3-2-11-4-7-13(15)8-5-11/h4,6-7,9-10H,5,8,15H2,1H3. The van der Waals surface area contributed by atoms with E-state index in [-0.39, 0.29) is 0 Å². The van der Waals surface area contributed by atoms with E-state index in [1.54, 1.807) is 19.4 Å². The average molecular weight is 226 g/mol. The molecule has 0 aromatic carbocycles. The summed E-state index contributed by atoms with van der Waals surface area (Å²) in [4.78, 5) is 4.10. The van der Waals surface area contributed by atoms with Gasteiger partial charge in [0.15, 0.2) is 0 Å². The van der Waals surface area contributed by atoms with E-state index in [2.05, 4.69) is 16.8 Å². The van der Waals surface area contributed by atoms with Gasteiger partial charge in [0, 0.05) is 29.1 Å². The summed E-state index contributed by atoms with van der Waals surface area (Å²) in [6.45, 7) is 0. The number of hydrogen-bond donors (Lipinski definition) is 1. The summed E-state index contributed by atoms with van der Waals surface area (Å²) in [5.74, 6) is 6.80. The summed E-state index contributed by atoms with van der Waals surface area (Å²) in [7, 11) is 1.59. The monoisotopic (exact) mass is 226 g/mol. The molecule has 0 aliphatic heterocycles. The minimum Gasteiger partial charge on any atom is -0.481 e. The van der Waals surface area contributed by atoms with Crippen LogP contribution in [0, 0.1) is 11.8 Å². The molecule has 0 spiro atoms. The number of allylic oxidation sites excluding steroid dienone is 4. The van der Waals surface area contributed by atoms with Crippen LogP contribution >= 0.6 is 0 Å². The molecule has 2 rings (SSSR count). The lowest BCUT2D eigenvalue weighted by molar-refractivity contribution is 0.398. The van der Waals surface area contributed by atoms with E-state index >= 15 is 0 Å². The zero-order chi connectivity index (χ0) is 12.1. The second-order valence-corrected chi connectivity index (χ2v) is 3.77. The maximum Gasteiger partial charge on any atom is 0.212 e. The summed E-state index contributed by atoms with van der Waals surface area (Å²) in [5, 5.41) is 0. The first-order valence-corrected chi connectivity index (χ1v) is 5.45. The van der Waals surface area contributed by atoms with Gasteiger partial charge in [0.05, 0.1) is 7.11 Å². The Labute approximate surface area is 101 Å². The van der Waals surface area contributed by atoms with Crippen molar-refractivity contribution in [1.82, 2.24) is 4.98 Å². The molecule has 0 bridgehead atoms. The van der Waals surface area contributed by atoms with Crippen LogP contribution in [0.15, 0.2) is 41.8 Å². The van der Waals surface area contributed by atoms with Crippen LogP contribution in [0.25, 0.3) is 0 Å². The number of pyridine rings is 1. The zero-order valence-electron chi connectivity index (χ0n) is 9.73. The van der Waals surface area contributed by atoms with E-state index < -0.39 is 0 Å². The van der Waals surface area contributed by atoms with E-state index in [9.17, 15) is 0 Å². The van der Waals surface area contributed by atoms with Crippen LogP contribution in [0.5, 0.6) is 5.88 Å². The highest BCUT2D eigenvalue weighted by atomic mass is 16.5. The Morgan fingerprint density at radius 2 is 2.12 bits per heavy atom. The fraction of sp³-hybridized carbons (Fsp3) is 0.214. The summed E-state index contributed by atoms with van der Waals surface area (Å²) < 4.78 is 4.98. The molecule has 0 atom stereocenters. The predicted molar refractivity (Wildman–Crippen MR) is 67.3 cm³/mol. The van der Waals surface area contributed by atoms with Gasteiger partial charge in [-0.05, 0) is 31.1 Å². The number of ether oxygens (including phenoxy) is 1. The largest absolute Gasteiger partial charge is 0.481 e. The quantitative estimate of drug-likeness (QED) is 0.745.